The van der Waals surface area contributed by atoms with Crippen molar-refractivity contribution in [3.05, 3.63) is 0 Å². The van der Waals surface area contributed by atoms with Gasteiger partial charge in [-0.15, -0.1) is 0 Å². The third kappa shape index (κ3) is 2.20. The second-order valence-corrected chi connectivity index (χ2v) is 5.00. The topological polar surface area (TPSA) is 20.3 Å². The Balaban J connectivity index is 2.43. The molecular weight excluding hydrogens is 169 g/mol. The Hall–Kier alpha value is -0.600. The van der Waals surface area contributed by atoms with E-state index in [2.05, 4.69) is 13.8 Å². The first-order valence-corrected chi connectivity index (χ1v) is 4.76. The van der Waals surface area contributed by atoms with E-state index < -0.39 is 6.17 Å². The molecule has 0 spiro atoms. The predicted octanol–water partition coefficient (Wildman–Crippen LogP) is 1.85. The van der Waals surface area contributed by atoms with Crippen molar-refractivity contribution >= 4 is 5.91 Å². The van der Waals surface area contributed by atoms with Gasteiger partial charge in [0.1, 0.15) is 0 Å². The molecule has 0 aromatic rings. The van der Waals surface area contributed by atoms with Crippen LogP contribution in [0.25, 0.3) is 0 Å². The molecule has 0 aromatic carbocycles. The molecule has 76 valence electrons. The molecule has 1 rings (SSSR count). The maximum absolute atomic E-state index is 13.3. The molecule has 0 saturated carbocycles. The Morgan fingerprint density at radius 2 is 1.85 bits per heavy atom. The fraction of sp³-hybridized carbons (Fsp3) is 0.900. The SMILES string of the molecule is CC(C)C(F)C(=O)N1CC(C)(C)C1. The molecule has 0 N–H and O–H groups in total. The highest BCUT2D eigenvalue weighted by Crippen LogP contribution is 2.30. The number of alkyl halides is 1. The lowest BCUT2D eigenvalue weighted by atomic mass is 9.84. The molecule has 13 heavy (non-hydrogen) atoms. The third-order valence-electron chi connectivity index (χ3n) is 2.37. The van der Waals surface area contributed by atoms with E-state index in [1.54, 1.807) is 18.7 Å². The molecule has 1 fully saturated rings. The van der Waals surface area contributed by atoms with Gasteiger partial charge in [0.05, 0.1) is 0 Å². The van der Waals surface area contributed by atoms with Gasteiger partial charge in [0, 0.05) is 13.1 Å². The Bertz CT molecular complexity index is 205. The Labute approximate surface area is 79.1 Å². The molecule has 0 bridgehead atoms. The standard InChI is InChI=1S/C10H18FNO/c1-7(2)8(11)9(13)12-5-10(3,4)6-12/h7-8H,5-6H2,1-4H3. The molecule has 2 nitrogen and oxygen atoms in total. The summed E-state index contributed by atoms with van der Waals surface area (Å²) in [5, 5.41) is 0. The lowest BCUT2D eigenvalue weighted by Crippen LogP contribution is -2.57. The molecule has 1 amide bonds. The van der Waals surface area contributed by atoms with E-state index in [0.29, 0.717) is 13.1 Å². The molecular formula is C10H18FNO. The predicted molar refractivity (Wildman–Crippen MR) is 50.1 cm³/mol. The van der Waals surface area contributed by atoms with Crippen LogP contribution in [0.5, 0.6) is 0 Å². The number of halogens is 1. The molecule has 1 saturated heterocycles. The summed E-state index contributed by atoms with van der Waals surface area (Å²) in [6, 6.07) is 0. The molecule has 1 unspecified atom stereocenters. The van der Waals surface area contributed by atoms with Gasteiger partial charge in [0.2, 0.25) is 0 Å². The van der Waals surface area contributed by atoms with Crippen LogP contribution >= 0.6 is 0 Å². The maximum Gasteiger partial charge on any atom is 0.257 e. The van der Waals surface area contributed by atoms with Crippen molar-refractivity contribution in [2.45, 2.75) is 33.9 Å². The molecule has 1 atom stereocenters. The van der Waals surface area contributed by atoms with Crippen molar-refractivity contribution in [2.75, 3.05) is 13.1 Å². The summed E-state index contributed by atoms with van der Waals surface area (Å²) in [6.07, 6.45) is -1.32. The molecule has 0 aliphatic carbocycles. The number of hydrogen-bond acceptors (Lipinski definition) is 1. The maximum atomic E-state index is 13.3. The first-order chi connectivity index (χ1) is 5.83. The smallest absolute Gasteiger partial charge is 0.257 e. The number of amides is 1. The second kappa shape index (κ2) is 3.28. The van der Waals surface area contributed by atoms with Gasteiger partial charge in [-0.2, -0.15) is 0 Å². The van der Waals surface area contributed by atoms with Crippen molar-refractivity contribution in [3.8, 4) is 0 Å². The highest BCUT2D eigenvalue weighted by Gasteiger charge is 2.40. The fourth-order valence-electron chi connectivity index (χ4n) is 1.60. The number of likely N-dealkylation sites (tertiary alicyclic amines) is 1. The van der Waals surface area contributed by atoms with E-state index in [1.165, 1.54) is 0 Å². The fourth-order valence-corrected chi connectivity index (χ4v) is 1.60. The number of rotatable bonds is 2. The summed E-state index contributed by atoms with van der Waals surface area (Å²) in [7, 11) is 0. The van der Waals surface area contributed by atoms with Crippen LogP contribution in [0.15, 0.2) is 0 Å². The van der Waals surface area contributed by atoms with Crippen LogP contribution in [0.3, 0.4) is 0 Å². The number of nitrogens with zero attached hydrogens (tertiary/aromatic N) is 1. The molecule has 1 aliphatic heterocycles. The third-order valence-corrected chi connectivity index (χ3v) is 2.37. The van der Waals surface area contributed by atoms with E-state index >= 15 is 0 Å². The van der Waals surface area contributed by atoms with Crippen LogP contribution in [0.4, 0.5) is 4.39 Å². The summed E-state index contributed by atoms with van der Waals surface area (Å²) in [6.45, 7) is 9.01. The van der Waals surface area contributed by atoms with Crippen LogP contribution in [-0.2, 0) is 4.79 Å². The summed E-state index contributed by atoms with van der Waals surface area (Å²) >= 11 is 0. The Morgan fingerprint density at radius 1 is 1.38 bits per heavy atom. The van der Waals surface area contributed by atoms with Crippen LogP contribution in [0, 0.1) is 11.3 Å². The second-order valence-electron chi connectivity index (χ2n) is 5.00. The largest absolute Gasteiger partial charge is 0.339 e. The van der Waals surface area contributed by atoms with Crippen molar-refractivity contribution in [2.24, 2.45) is 11.3 Å². The lowest BCUT2D eigenvalue weighted by Gasteiger charge is -2.46. The Kier molecular flexibility index (Phi) is 2.64. The van der Waals surface area contributed by atoms with Gasteiger partial charge in [-0.3, -0.25) is 4.79 Å². The normalized spacial score (nSPS) is 22.8. The van der Waals surface area contributed by atoms with Crippen LogP contribution < -0.4 is 0 Å². The number of carbonyl (C=O) groups is 1. The minimum absolute atomic E-state index is 0.187. The van der Waals surface area contributed by atoms with Crippen LogP contribution in [0.1, 0.15) is 27.7 Å². The molecule has 0 aromatic heterocycles. The number of carbonyl (C=O) groups excluding carboxylic acids is 1. The monoisotopic (exact) mass is 187 g/mol. The van der Waals surface area contributed by atoms with Crippen molar-refractivity contribution < 1.29 is 9.18 Å². The van der Waals surface area contributed by atoms with Gasteiger partial charge in [0.25, 0.3) is 5.91 Å². The average molecular weight is 187 g/mol. The molecule has 3 heteroatoms. The highest BCUT2D eigenvalue weighted by atomic mass is 19.1. The van der Waals surface area contributed by atoms with Gasteiger partial charge in [-0.1, -0.05) is 27.7 Å². The van der Waals surface area contributed by atoms with Gasteiger partial charge < -0.3 is 4.90 Å². The average Bonchev–Trinajstić information content (AvgIpc) is 1.97. The van der Waals surface area contributed by atoms with Gasteiger partial charge in [0.15, 0.2) is 6.17 Å². The summed E-state index contributed by atoms with van der Waals surface area (Å²) in [5.74, 6) is -0.550. The lowest BCUT2D eigenvalue weighted by molar-refractivity contribution is -0.148. The zero-order valence-corrected chi connectivity index (χ0v) is 8.80. The minimum atomic E-state index is -1.32. The van der Waals surface area contributed by atoms with E-state index in [1.807, 2.05) is 0 Å². The zero-order valence-electron chi connectivity index (χ0n) is 8.80. The van der Waals surface area contributed by atoms with E-state index in [-0.39, 0.29) is 17.2 Å². The zero-order chi connectivity index (χ0) is 10.2. The first kappa shape index (κ1) is 10.5. The number of hydrogen-bond donors (Lipinski definition) is 0. The van der Waals surface area contributed by atoms with E-state index in [4.69, 9.17) is 0 Å². The molecule has 0 radical (unpaired) electrons. The highest BCUT2D eigenvalue weighted by molar-refractivity contribution is 5.81. The van der Waals surface area contributed by atoms with Crippen molar-refractivity contribution in [3.63, 3.8) is 0 Å². The van der Waals surface area contributed by atoms with Gasteiger partial charge in [-0.25, -0.2) is 4.39 Å². The minimum Gasteiger partial charge on any atom is -0.339 e. The van der Waals surface area contributed by atoms with Crippen molar-refractivity contribution in [1.82, 2.24) is 4.90 Å². The van der Waals surface area contributed by atoms with E-state index in [0.717, 1.165) is 0 Å². The molecule has 1 heterocycles. The quantitative estimate of drug-likeness (QED) is 0.646. The Morgan fingerprint density at radius 3 is 2.15 bits per heavy atom. The van der Waals surface area contributed by atoms with Gasteiger partial charge >= 0.3 is 0 Å². The van der Waals surface area contributed by atoms with Gasteiger partial charge in [-0.05, 0) is 11.3 Å². The van der Waals surface area contributed by atoms with Crippen LogP contribution in [-0.4, -0.2) is 30.1 Å². The summed E-state index contributed by atoms with van der Waals surface area (Å²) in [4.78, 5) is 13.0. The first-order valence-electron chi connectivity index (χ1n) is 4.76. The van der Waals surface area contributed by atoms with E-state index in [9.17, 15) is 9.18 Å². The summed E-state index contributed by atoms with van der Waals surface area (Å²) in [5.41, 5.74) is 0.187. The molecule has 1 aliphatic rings. The van der Waals surface area contributed by atoms with Crippen molar-refractivity contribution in [1.29, 1.82) is 0 Å². The van der Waals surface area contributed by atoms with Crippen LogP contribution in [0.2, 0.25) is 0 Å². The summed E-state index contributed by atoms with van der Waals surface area (Å²) < 4.78 is 13.3.